The number of hydrogen-bond donors (Lipinski definition) is 0. The molecule has 0 amide bonds. The van der Waals surface area contributed by atoms with Crippen LogP contribution in [0.4, 0.5) is 0 Å². The minimum Gasteiger partial charge on any atom is -0.489 e. The van der Waals surface area contributed by atoms with Crippen LogP contribution in [0.1, 0.15) is 27.0 Å². The topological polar surface area (TPSA) is 35.5 Å². The van der Waals surface area contributed by atoms with Gasteiger partial charge in [-0.3, -0.25) is 0 Å². The van der Waals surface area contributed by atoms with Crippen molar-refractivity contribution in [2.75, 3.05) is 13.4 Å². The van der Waals surface area contributed by atoms with Crippen LogP contribution in [0.5, 0.6) is 5.75 Å². The van der Waals surface area contributed by atoms with Crippen LogP contribution >= 0.6 is 11.8 Å². The Morgan fingerprint density at radius 1 is 1.00 bits per heavy atom. The zero-order chi connectivity index (χ0) is 20.5. The van der Waals surface area contributed by atoms with Crippen molar-refractivity contribution in [1.29, 1.82) is 0 Å². The molecule has 4 heteroatoms. The molecule has 3 aromatic rings. The molecule has 0 fully saturated rings. The lowest BCUT2D eigenvalue weighted by atomic mass is 10.1. The Kier molecular flexibility index (Phi) is 7.54. The molecule has 3 aromatic carbocycles. The summed E-state index contributed by atoms with van der Waals surface area (Å²) >= 11 is 1.72. The van der Waals surface area contributed by atoms with E-state index in [1.54, 1.807) is 23.9 Å². The second-order valence-electron chi connectivity index (χ2n) is 6.47. The highest BCUT2D eigenvalue weighted by Gasteiger charge is 2.06. The van der Waals surface area contributed by atoms with Crippen molar-refractivity contribution in [3.63, 3.8) is 0 Å². The van der Waals surface area contributed by atoms with E-state index in [-0.39, 0.29) is 5.97 Å². The molecule has 3 rings (SSSR count). The number of methoxy groups -OCH3 is 1. The molecular weight excluding hydrogens is 380 g/mol. The summed E-state index contributed by atoms with van der Waals surface area (Å²) in [6.07, 6.45) is 7.00. The van der Waals surface area contributed by atoms with Crippen LogP contribution in [-0.4, -0.2) is 19.3 Å². The summed E-state index contributed by atoms with van der Waals surface area (Å²) in [6, 6.07) is 23.8. The Hall–Kier alpha value is -2.98. The summed E-state index contributed by atoms with van der Waals surface area (Å²) in [7, 11) is 1.39. The number of rotatable bonds is 8. The number of allylic oxidation sites excluding steroid dienone is 1. The summed E-state index contributed by atoms with van der Waals surface area (Å²) < 4.78 is 10.8. The number of benzene rings is 3. The summed E-state index contributed by atoms with van der Waals surface area (Å²) in [5.41, 5.74) is 3.88. The Morgan fingerprint density at radius 3 is 2.45 bits per heavy atom. The van der Waals surface area contributed by atoms with Gasteiger partial charge in [0.1, 0.15) is 12.4 Å². The van der Waals surface area contributed by atoms with Gasteiger partial charge in [0.05, 0.1) is 12.7 Å². The second kappa shape index (κ2) is 10.5. The second-order valence-corrected chi connectivity index (χ2v) is 7.35. The van der Waals surface area contributed by atoms with E-state index in [1.807, 2.05) is 42.5 Å². The van der Waals surface area contributed by atoms with E-state index < -0.39 is 0 Å². The molecular formula is C25H24O3S. The van der Waals surface area contributed by atoms with E-state index in [1.165, 1.54) is 12.0 Å². The lowest BCUT2D eigenvalue weighted by Crippen LogP contribution is -2.00. The third-order valence-electron chi connectivity index (χ3n) is 4.48. The predicted octanol–water partition coefficient (Wildman–Crippen LogP) is 6.03. The van der Waals surface area contributed by atoms with E-state index in [0.717, 1.165) is 28.9 Å². The van der Waals surface area contributed by atoms with Crippen molar-refractivity contribution < 1.29 is 14.3 Å². The van der Waals surface area contributed by atoms with Crippen LogP contribution in [0.2, 0.25) is 0 Å². The van der Waals surface area contributed by atoms with Crippen molar-refractivity contribution in [2.24, 2.45) is 0 Å². The Bertz CT molecular complexity index is 963. The van der Waals surface area contributed by atoms with Crippen LogP contribution in [0.25, 0.3) is 6.08 Å². The minimum absolute atomic E-state index is 0.324. The molecule has 0 spiro atoms. The maximum atomic E-state index is 11.5. The van der Waals surface area contributed by atoms with Gasteiger partial charge in [-0.15, -0.1) is 11.8 Å². The first-order valence-corrected chi connectivity index (χ1v) is 10.6. The highest BCUT2D eigenvalue weighted by Crippen LogP contribution is 2.26. The number of carbonyl (C=O) groups excluding carboxylic acids is 1. The molecule has 0 saturated heterocycles. The Labute approximate surface area is 176 Å². The SMILES string of the molecule is COC(=O)c1ccc(C=CCc2cc(SC)ccc2OCc2ccccc2)cc1. The van der Waals surface area contributed by atoms with Crippen molar-refractivity contribution >= 4 is 23.8 Å². The van der Waals surface area contributed by atoms with Gasteiger partial charge >= 0.3 is 5.97 Å². The number of esters is 1. The van der Waals surface area contributed by atoms with E-state index in [4.69, 9.17) is 9.47 Å². The molecule has 0 atom stereocenters. The molecule has 0 aromatic heterocycles. The van der Waals surface area contributed by atoms with Crippen LogP contribution in [0.3, 0.4) is 0 Å². The van der Waals surface area contributed by atoms with Gasteiger partial charge in [0.15, 0.2) is 0 Å². The van der Waals surface area contributed by atoms with Crippen molar-refractivity contribution in [1.82, 2.24) is 0 Å². The molecule has 0 bridgehead atoms. The molecule has 0 saturated carbocycles. The lowest BCUT2D eigenvalue weighted by Gasteiger charge is -2.12. The average molecular weight is 405 g/mol. The standard InChI is InChI=1S/C25H24O3S/c1-27-25(26)21-13-11-19(12-14-21)9-6-10-22-17-23(29-2)15-16-24(22)28-18-20-7-4-3-5-8-20/h3-9,11-17H,10,18H2,1-2H3. The van der Waals surface area contributed by atoms with Crippen molar-refractivity contribution in [3.05, 3.63) is 101 Å². The highest BCUT2D eigenvalue weighted by atomic mass is 32.2. The van der Waals surface area contributed by atoms with Gasteiger partial charge in [0.25, 0.3) is 0 Å². The fourth-order valence-corrected chi connectivity index (χ4v) is 3.35. The Morgan fingerprint density at radius 2 is 1.76 bits per heavy atom. The van der Waals surface area contributed by atoms with Gasteiger partial charge in [-0.25, -0.2) is 4.79 Å². The maximum absolute atomic E-state index is 11.5. The van der Waals surface area contributed by atoms with Gasteiger partial charge in [-0.2, -0.15) is 0 Å². The molecule has 3 nitrogen and oxygen atoms in total. The molecule has 148 valence electrons. The van der Waals surface area contributed by atoms with Gasteiger partial charge in [0, 0.05) is 4.90 Å². The molecule has 29 heavy (non-hydrogen) atoms. The summed E-state index contributed by atoms with van der Waals surface area (Å²) in [5, 5.41) is 0. The summed E-state index contributed by atoms with van der Waals surface area (Å²) in [6.45, 7) is 0.547. The maximum Gasteiger partial charge on any atom is 0.337 e. The number of thioether (sulfide) groups is 1. The molecule has 0 aliphatic heterocycles. The minimum atomic E-state index is -0.324. The third-order valence-corrected chi connectivity index (χ3v) is 5.21. The van der Waals surface area contributed by atoms with E-state index in [9.17, 15) is 4.79 Å². The van der Waals surface area contributed by atoms with Gasteiger partial charge in [-0.05, 0) is 59.7 Å². The van der Waals surface area contributed by atoms with Crippen LogP contribution < -0.4 is 4.74 Å². The monoisotopic (exact) mass is 404 g/mol. The average Bonchev–Trinajstić information content (AvgIpc) is 2.78. The normalized spacial score (nSPS) is 10.8. The first kappa shape index (κ1) is 20.7. The van der Waals surface area contributed by atoms with E-state index in [2.05, 4.69) is 36.6 Å². The van der Waals surface area contributed by atoms with E-state index in [0.29, 0.717) is 12.2 Å². The molecule has 0 N–H and O–H groups in total. The highest BCUT2D eigenvalue weighted by molar-refractivity contribution is 7.98. The number of carbonyl (C=O) groups is 1. The van der Waals surface area contributed by atoms with Crippen LogP contribution in [0.15, 0.2) is 83.8 Å². The van der Waals surface area contributed by atoms with Gasteiger partial charge in [-0.1, -0.05) is 54.6 Å². The fraction of sp³-hybridized carbons (Fsp3) is 0.160. The molecule has 0 aliphatic carbocycles. The molecule has 0 aliphatic rings. The van der Waals surface area contributed by atoms with Gasteiger partial charge in [0.2, 0.25) is 0 Å². The first-order valence-electron chi connectivity index (χ1n) is 9.38. The van der Waals surface area contributed by atoms with Gasteiger partial charge < -0.3 is 9.47 Å². The first-order chi connectivity index (χ1) is 14.2. The zero-order valence-corrected chi connectivity index (χ0v) is 17.4. The molecule has 0 unspecified atom stereocenters. The summed E-state index contributed by atoms with van der Waals surface area (Å²) in [4.78, 5) is 12.7. The van der Waals surface area contributed by atoms with Crippen LogP contribution in [-0.2, 0) is 17.8 Å². The third kappa shape index (κ3) is 6.00. The Balaban J connectivity index is 1.69. The molecule has 0 radical (unpaired) electrons. The zero-order valence-electron chi connectivity index (χ0n) is 16.6. The van der Waals surface area contributed by atoms with Crippen molar-refractivity contribution in [3.8, 4) is 5.75 Å². The number of hydrogen-bond acceptors (Lipinski definition) is 4. The summed E-state index contributed by atoms with van der Waals surface area (Å²) in [5.74, 6) is 0.576. The number of ether oxygens (including phenoxy) is 2. The quantitative estimate of drug-likeness (QED) is 0.339. The van der Waals surface area contributed by atoms with Crippen LogP contribution in [0, 0.1) is 0 Å². The fourth-order valence-electron chi connectivity index (χ4n) is 2.89. The lowest BCUT2D eigenvalue weighted by molar-refractivity contribution is 0.0600. The predicted molar refractivity (Wildman–Crippen MR) is 120 cm³/mol. The van der Waals surface area contributed by atoms with Crippen molar-refractivity contribution in [2.45, 2.75) is 17.9 Å². The molecule has 0 heterocycles. The smallest absolute Gasteiger partial charge is 0.337 e. The largest absolute Gasteiger partial charge is 0.489 e. The van der Waals surface area contributed by atoms with E-state index >= 15 is 0 Å².